The Kier molecular flexibility index (Phi) is 6.11. The van der Waals surface area contributed by atoms with Gasteiger partial charge in [0.25, 0.3) is 5.56 Å². The number of anilines is 1. The SMILES string of the molecule is COc1cc(NC(=O)CSc2nnc3n(-c4ccccc4)c(=O)c4ccccc4n23)cc(OC)c1. The first-order valence-electron chi connectivity index (χ1n) is 10.7. The molecule has 0 radical (unpaired) electrons. The molecule has 0 saturated carbocycles. The van der Waals surface area contributed by atoms with Gasteiger partial charge >= 0.3 is 0 Å². The lowest BCUT2D eigenvalue weighted by Gasteiger charge is -2.11. The molecular formula is C25H21N5O4S. The highest BCUT2D eigenvalue weighted by Crippen LogP contribution is 2.27. The minimum absolute atomic E-state index is 0.0824. The number of carbonyl (C=O) groups excluding carboxylic acids is 1. The van der Waals surface area contributed by atoms with Gasteiger partial charge in [-0.05, 0) is 24.3 Å². The highest BCUT2D eigenvalue weighted by molar-refractivity contribution is 7.99. The number of hydrogen-bond donors (Lipinski definition) is 1. The molecule has 9 nitrogen and oxygen atoms in total. The van der Waals surface area contributed by atoms with Crippen LogP contribution < -0.4 is 20.3 Å². The Bertz CT molecular complexity index is 1570. The first kappa shape index (κ1) is 22.5. The third-order valence-corrected chi connectivity index (χ3v) is 6.31. The highest BCUT2D eigenvalue weighted by atomic mass is 32.2. The second-order valence-corrected chi connectivity index (χ2v) is 8.49. The highest BCUT2D eigenvalue weighted by Gasteiger charge is 2.18. The summed E-state index contributed by atoms with van der Waals surface area (Å²) in [6.07, 6.45) is 0. The van der Waals surface area contributed by atoms with Crippen LogP contribution in [0.15, 0.2) is 82.7 Å². The molecule has 176 valence electrons. The smallest absolute Gasteiger partial charge is 0.267 e. The molecule has 5 aromatic rings. The van der Waals surface area contributed by atoms with Gasteiger partial charge in [-0.3, -0.25) is 14.0 Å². The fourth-order valence-corrected chi connectivity index (χ4v) is 4.53. The van der Waals surface area contributed by atoms with Gasteiger partial charge in [0, 0.05) is 23.9 Å². The quantitative estimate of drug-likeness (QED) is 0.349. The molecule has 2 heterocycles. The standard InChI is InChI=1S/C25H21N5O4S/c1-33-18-12-16(13-19(14-18)34-2)26-22(31)15-35-25-28-27-24-29(17-8-4-3-5-9-17)23(32)20-10-6-7-11-21(20)30(24)25/h3-14H,15H2,1-2H3,(H,26,31). The van der Waals surface area contributed by atoms with E-state index in [4.69, 9.17) is 9.47 Å². The third kappa shape index (κ3) is 4.31. The van der Waals surface area contributed by atoms with Crippen molar-refractivity contribution < 1.29 is 14.3 Å². The lowest BCUT2D eigenvalue weighted by molar-refractivity contribution is -0.113. The number of fused-ring (bicyclic) bond motifs is 3. The van der Waals surface area contributed by atoms with Crippen molar-refractivity contribution in [3.63, 3.8) is 0 Å². The Morgan fingerprint density at radius 3 is 2.34 bits per heavy atom. The predicted molar refractivity (Wildman–Crippen MR) is 135 cm³/mol. The van der Waals surface area contributed by atoms with Crippen LogP contribution >= 0.6 is 11.8 Å². The number of rotatable bonds is 7. The molecule has 0 saturated heterocycles. The number of aromatic nitrogens is 4. The van der Waals surface area contributed by atoms with Gasteiger partial charge in [-0.15, -0.1) is 10.2 Å². The van der Waals surface area contributed by atoms with Crippen LogP contribution in [0.4, 0.5) is 5.69 Å². The summed E-state index contributed by atoms with van der Waals surface area (Å²) in [4.78, 5) is 26.0. The second-order valence-electron chi connectivity index (χ2n) is 7.55. The van der Waals surface area contributed by atoms with Crippen molar-refractivity contribution >= 4 is 40.0 Å². The van der Waals surface area contributed by atoms with Crippen molar-refractivity contribution in [1.29, 1.82) is 0 Å². The summed E-state index contributed by atoms with van der Waals surface area (Å²) in [6.45, 7) is 0. The van der Waals surface area contributed by atoms with E-state index in [0.29, 0.717) is 44.7 Å². The Morgan fingerprint density at radius 1 is 0.943 bits per heavy atom. The minimum atomic E-state index is -0.234. The lowest BCUT2D eigenvalue weighted by atomic mass is 10.2. The van der Waals surface area contributed by atoms with Crippen LogP contribution in [0.5, 0.6) is 11.5 Å². The molecule has 2 aromatic heterocycles. The molecule has 0 bridgehead atoms. The molecule has 3 aromatic carbocycles. The number of amides is 1. The van der Waals surface area contributed by atoms with Gasteiger partial charge in [0.05, 0.1) is 36.6 Å². The zero-order chi connectivity index (χ0) is 24.4. The molecule has 0 spiro atoms. The van der Waals surface area contributed by atoms with Crippen LogP contribution in [-0.4, -0.2) is 45.0 Å². The van der Waals surface area contributed by atoms with Crippen molar-refractivity contribution in [3.05, 3.63) is 83.2 Å². The zero-order valence-electron chi connectivity index (χ0n) is 19.0. The van der Waals surface area contributed by atoms with E-state index in [9.17, 15) is 9.59 Å². The fourth-order valence-electron chi connectivity index (χ4n) is 3.79. The molecule has 0 aliphatic carbocycles. The number of hydrogen-bond acceptors (Lipinski definition) is 7. The first-order valence-corrected chi connectivity index (χ1v) is 11.7. The van der Waals surface area contributed by atoms with Gasteiger partial charge in [-0.1, -0.05) is 42.1 Å². The molecule has 5 rings (SSSR count). The summed E-state index contributed by atoms with van der Waals surface area (Å²) in [6, 6.07) is 21.7. The summed E-state index contributed by atoms with van der Waals surface area (Å²) < 4.78 is 13.8. The largest absolute Gasteiger partial charge is 0.497 e. The Hall–Kier alpha value is -4.31. The van der Waals surface area contributed by atoms with Crippen LogP contribution in [0.1, 0.15) is 0 Å². The van der Waals surface area contributed by atoms with Gasteiger partial charge in [0.2, 0.25) is 11.7 Å². The Balaban J connectivity index is 1.49. The number of nitrogens with one attached hydrogen (secondary N) is 1. The maximum atomic E-state index is 13.3. The predicted octanol–water partition coefficient (Wildman–Crippen LogP) is 3.78. The molecule has 0 aliphatic heterocycles. The summed E-state index contributed by atoms with van der Waals surface area (Å²) in [7, 11) is 3.10. The van der Waals surface area contributed by atoms with Crippen LogP contribution in [0.3, 0.4) is 0 Å². The maximum Gasteiger partial charge on any atom is 0.267 e. The van der Waals surface area contributed by atoms with Crippen LogP contribution in [0.2, 0.25) is 0 Å². The van der Waals surface area contributed by atoms with E-state index in [1.807, 2.05) is 48.5 Å². The normalized spacial score (nSPS) is 11.0. The number of benzene rings is 3. The zero-order valence-corrected chi connectivity index (χ0v) is 19.8. The van der Waals surface area contributed by atoms with Gasteiger partial charge in [0.15, 0.2) is 5.16 Å². The van der Waals surface area contributed by atoms with E-state index in [2.05, 4.69) is 15.5 Å². The van der Waals surface area contributed by atoms with E-state index < -0.39 is 0 Å². The molecule has 1 N–H and O–H groups in total. The minimum Gasteiger partial charge on any atom is -0.497 e. The average Bonchev–Trinajstić information content (AvgIpc) is 3.31. The molecular weight excluding hydrogens is 466 g/mol. The number of thioether (sulfide) groups is 1. The summed E-state index contributed by atoms with van der Waals surface area (Å²) in [5, 5.41) is 12.5. The number of nitrogens with zero attached hydrogens (tertiary/aromatic N) is 4. The summed E-state index contributed by atoms with van der Waals surface area (Å²) >= 11 is 1.23. The van der Waals surface area contributed by atoms with Crippen LogP contribution in [-0.2, 0) is 4.79 Å². The third-order valence-electron chi connectivity index (χ3n) is 5.38. The van der Waals surface area contributed by atoms with E-state index in [-0.39, 0.29) is 17.2 Å². The van der Waals surface area contributed by atoms with Crippen LogP contribution in [0, 0.1) is 0 Å². The number of ether oxygens (including phenoxy) is 2. The lowest BCUT2D eigenvalue weighted by Crippen LogP contribution is -2.21. The summed E-state index contributed by atoms with van der Waals surface area (Å²) in [5.74, 6) is 1.37. The monoisotopic (exact) mass is 487 g/mol. The topological polar surface area (TPSA) is 99.7 Å². The van der Waals surface area contributed by atoms with Crippen molar-refractivity contribution in [3.8, 4) is 17.2 Å². The first-order chi connectivity index (χ1) is 17.1. The Labute approximate surface area is 204 Å². The van der Waals surface area contributed by atoms with E-state index in [1.165, 1.54) is 16.3 Å². The molecule has 1 amide bonds. The van der Waals surface area contributed by atoms with Gasteiger partial charge in [-0.25, -0.2) is 4.57 Å². The average molecular weight is 488 g/mol. The van der Waals surface area contributed by atoms with E-state index >= 15 is 0 Å². The Morgan fingerprint density at radius 2 is 1.63 bits per heavy atom. The van der Waals surface area contributed by atoms with Crippen molar-refractivity contribution in [1.82, 2.24) is 19.2 Å². The molecule has 35 heavy (non-hydrogen) atoms. The van der Waals surface area contributed by atoms with Crippen LogP contribution in [0.25, 0.3) is 22.4 Å². The maximum absolute atomic E-state index is 13.3. The molecule has 0 aliphatic rings. The molecule has 0 atom stereocenters. The second kappa shape index (κ2) is 9.51. The van der Waals surface area contributed by atoms with Crippen molar-refractivity contribution in [2.24, 2.45) is 0 Å². The van der Waals surface area contributed by atoms with Gasteiger partial charge < -0.3 is 14.8 Å². The molecule has 0 fully saturated rings. The van der Waals surface area contributed by atoms with Gasteiger partial charge in [-0.2, -0.15) is 0 Å². The number of carbonyl (C=O) groups is 1. The summed E-state index contributed by atoms with van der Waals surface area (Å²) in [5.41, 5.74) is 1.72. The van der Waals surface area contributed by atoms with E-state index in [0.717, 1.165) is 0 Å². The van der Waals surface area contributed by atoms with Crippen molar-refractivity contribution in [2.75, 3.05) is 25.3 Å². The molecule has 10 heteroatoms. The molecule has 0 unspecified atom stereocenters. The fraction of sp³-hybridized carbons (Fsp3) is 0.120. The van der Waals surface area contributed by atoms with Gasteiger partial charge in [0.1, 0.15) is 11.5 Å². The van der Waals surface area contributed by atoms with Crippen molar-refractivity contribution in [2.45, 2.75) is 5.16 Å². The van der Waals surface area contributed by atoms with E-state index in [1.54, 1.807) is 42.9 Å². The number of para-hydroxylation sites is 2. The number of methoxy groups -OCH3 is 2.